The van der Waals surface area contributed by atoms with Crippen molar-refractivity contribution in [3.63, 3.8) is 0 Å². The molecule has 1 heterocycles. The minimum absolute atomic E-state index is 0.764. The molecule has 2 fully saturated rings. The largest absolute Gasteiger partial charge is 0.673 e. The van der Waals surface area contributed by atoms with Gasteiger partial charge in [-0.05, 0) is 51.4 Å². The Balaban J connectivity index is 0.000000431. The lowest BCUT2D eigenvalue weighted by atomic mass is 9.96. The SMILES string of the molecule is F[B-](F)(F)F.c1c[n+](C2CCCCCCC2)cn1C1CCCCCCC1. The van der Waals surface area contributed by atoms with Crippen molar-refractivity contribution in [2.75, 3.05) is 0 Å². The van der Waals surface area contributed by atoms with Gasteiger partial charge in [0.15, 0.2) is 0 Å². The van der Waals surface area contributed by atoms with E-state index >= 15 is 0 Å². The normalized spacial score (nSPS) is 21.7. The van der Waals surface area contributed by atoms with Crippen LogP contribution in [0.3, 0.4) is 0 Å². The van der Waals surface area contributed by atoms with Crippen molar-refractivity contribution in [1.29, 1.82) is 0 Å². The molecule has 1 aromatic rings. The fraction of sp³-hybridized carbons (Fsp3) is 0.842. The lowest BCUT2D eigenvalue weighted by Crippen LogP contribution is -2.38. The van der Waals surface area contributed by atoms with Crippen LogP contribution in [0.4, 0.5) is 17.3 Å². The van der Waals surface area contributed by atoms with Crippen LogP contribution in [-0.4, -0.2) is 11.8 Å². The van der Waals surface area contributed by atoms with Gasteiger partial charge in [0.2, 0.25) is 6.33 Å². The Morgan fingerprint density at radius 2 is 1.12 bits per heavy atom. The average molecular weight is 376 g/mol. The molecule has 0 unspecified atom stereocenters. The summed E-state index contributed by atoms with van der Waals surface area (Å²) in [7, 11) is -6.00. The van der Waals surface area contributed by atoms with Crippen molar-refractivity contribution in [2.45, 2.75) is 102 Å². The number of rotatable bonds is 2. The van der Waals surface area contributed by atoms with Crippen LogP contribution in [-0.2, 0) is 0 Å². The first-order valence-electron chi connectivity index (χ1n) is 10.4. The maximum atomic E-state index is 9.75. The molecule has 0 N–H and O–H groups in total. The minimum atomic E-state index is -6.00. The monoisotopic (exact) mass is 376 g/mol. The summed E-state index contributed by atoms with van der Waals surface area (Å²) in [5, 5.41) is 0. The van der Waals surface area contributed by atoms with Crippen LogP contribution in [0.5, 0.6) is 0 Å². The van der Waals surface area contributed by atoms with E-state index < -0.39 is 7.25 Å². The Bertz CT molecular complexity index is 445. The van der Waals surface area contributed by atoms with E-state index in [1.165, 1.54) is 89.9 Å². The van der Waals surface area contributed by atoms with Gasteiger partial charge in [-0.2, -0.15) is 0 Å². The zero-order chi connectivity index (χ0) is 18.8. The summed E-state index contributed by atoms with van der Waals surface area (Å²) >= 11 is 0. The van der Waals surface area contributed by atoms with Gasteiger partial charge in [-0.3, -0.25) is 0 Å². The lowest BCUT2D eigenvalue weighted by Gasteiger charge is -2.18. The summed E-state index contributed by atoms with van der Waals surface area (Å²) in [5.74, 6) is 0. The van der Waals surface area contributed by atoms with Crippen LogP contribution >= 0.6 is 0 Å². The van der Waals surface area contributed by atoms with E-state index in [0.29, 0.717) is 0 Å². The predicted octanol–water partition coefficient (Wildman–Crippen LogP) is 6.65. The molecule has 2 nitrogen and oxygen atoms in total. The van der Waals surface area contributed by atoms with Crippen LogP contribution < -0.4 is 4.57 Å². The molecular formula is C19H33BF4N2. The lowest BCUT2D eigenvalue weighted by molar-refractivity contribution is -0.724. The molecule has 0 radical (unpaired) electrons. The third kappa shape index (κ3) is 8.59. The van der Waals surface area contributed by atoms with Crippen LogP contribution in [0.2, 0.25) is 0 Å². The minimum Gasteiger partial charge on any atom is -0.418 e. The molecular weight excluding hydrogens is 343 g/mol. The van der Waals surface area contributed by atoms with Crippen LogP contribution in [0.1, 0.15) is 102 Å². The van der Waals surface area contributed by atoms with Gasteiger partial charge >= 0.3 is 7.25 Å². The highest BCUT2D eigenvalue weighted by Gasteiger charge is 2.22. The molecule has 26 heavy (non-hydrogen) atoms. The highest BCUT2D eigenvalue weighted by molar-refractivity contribution is 6.50. The molecule has 0 bridgehead atoms. The molecule has 1 aromatic heterocycles. The van der Waals surface area contributed by atoms with Crippen molar-refractivity contribution in [3.05, 3.63) is 18.7 Å². The zero-order valence-electron chi connectivity index (χ0n) is 15.8. The Hall–Kier alpha value is -1.01. The fourth-order valence-electron chi connectivity index (χ4n) is 4.28. The van der Waals surface area contributed by atoms with Crippen LogP contribution in [0.25, 0.3) is 0 Å². The molecule has 0 spiro atoms. The van der Waals surface area contributed by atoms with E-state index in [-0.39, 0.29) is 0 Å². The molecule has 2 aliphatic rings. The summed E-state index contributed by atoms with van der Waals surface area (Å²) in [6.45, 7) is 0. The van der Waals surface area contributed by atoms with Gasteiger partial charge < -0.3 is 17.3 Å². The maximum Gasteiger partial charge on any atom is 0.673 e. The van der Waals surface area contributed by atoms with Gasteiger partial charge in [0, 0.05) is 0 Å². The number of halogens is 4. The van der Waals surface area contributed by atoms with Gasteiger partial charge in [0.05, 0.1) is 0 Å². The number of hydrogen-bond acceptors (Lipinski definition) is 0. The summed E-state index contributed by atoms with van der Waals surface area (Å²) in [4.78, 5) is 0. The summed E-state index contributed by atoms with van der Waals surface area (Å²) in [6, 6.07) is 1.53. The van der Waals surface area contributed by atoms with Crippen molar-refractivity contribution in [2.24, 2.45) is 0 Å². The molecule has 0 aliphatic heterocycles. The van der Waals surface area contributed by atoms with E-state index in [9.17, 15) is 17.3 Å². The number of hydrogen-bond donors (Lipinski definition) is 0. The average Bonchev–Trinajstić information content (AvgIpc) is 2.94. The first-order valence-corrected chi connectivity index (χ1v) is 10.4. The predicted molar refractivity (Wildman–Crippen MR) is 97.5 cm³/mol. The summed E-state index contributed by atoms with van der Waals surface area (Å²) in [6.07, 6.45) is 27.1. The van der Waals surface area contributed by atoms with Crippen molar-refractivity contribution >= 4 is 7.25 Å². The standard InChI is InChI=1S/C19H33N2.BF4/c1-3-7-11-18(12-8-4-1)20-15-16-21(17-20)19-13-9-5-2-6-10-14-19;2-1(3,4)5/h15-19H,1-14H2;/q+1;-1. The first kappa shape index (κ1) is 21.3. The van der Waals surface area contributed by atoms with Crippen molar-refractivity contribution in [1.82, 2.24) is 4.57 Å². The molecule has 0 saturated heterocycles. The van der Waals surface area contributed by atoms with Crippen molar-refractivity contribution in [3.8, 4) is 0 Å². The molecule has 2 saturated carbocycles. The van der Waals surface area contributed by atoms with E-state index in [1.54, 1.807) is 0 Å². The molecule has 0 aromatic carbocycles. The van der Waals surface area contributed by atoms with Gasteiger partial charge in [-0.15, -0.1) is 0 Å². The second kappa shape index (κ2) is 11.0. The maximum absolute atomic E-state index is 9.75. The molecule has 3 rings (SSSR count). The van der Waals surface area contributed by atoms with E-state index in [4.69, 9.17) is 0 Å². The van der Waals surface area contributed by atoms with E-state index in [2.05, 4.69) is 27.9 Å². The van der Waals surface area contributed by atoms with Crippen LogP contribution in [0.15, 0.2) is 18.7 Å². The Kier molecular flexibility index (Phi) is 8.99. The van der Waals surface area contributed by atoms with E-state index in [1.807, 2.05) is 0 Å². The highest BCUT2D eigenvalue weighted by Crippen LogP contribution is 2.27. The Morgan fingerprint density at radius 3 is 1.62 bits per heavy atom. The number of imidazole rings is 1. The topological polar surface area (TPSA) is 8.81 Å². The summed E-state index contributed by atoms with van der Waals surface area (Å²) < 4.78 is 44.1. The Morgan fingerprint density at radius 1 is 0.692 bits per heavy atom. The number of aromatic nitrogens is 2. The summed E-state index contributed by atoms with van der Waals surface area (Å²) in [5.41, 5.74) is 0. The molecule has 0 atom stereocenters. The molecule has 150 valence electrons. The smallest absolute Gasteiger partial charge is 0.418 e. The van der Waals surface area contributed by atoms with Gasteiger partial charge in [0.1, 0.15) is 24.5 Å². The van der Waals surface area contributed by atoms with Gasteiger partial charge in [-0.25, -0.2) is 9.13 Å². The molecule has 0 amide bonds. The fourth-order valence-corrected chi connectivity index (χ4v) is 4.28. The van der Waals surface area contributed by atoms with Gasteiger partial charge in [0.25, 0.3) is 0 Å². The van der Waals surface area contributed by atoms with Crippen LogP contribution in [0, 0.1) is 0 Å². The van der Waals surface area contributed by atoms with Crippen molar-refractivity contribution < 1.29 is 21.8 Å². The van der Waals surface area contributed by atoms with Gasteiger partial charge in [-0.1, -0.05) is 38.5 Å². The Labute approximate surface area is 155 Å². The quantitative estimate of drug-likeness (QED) is 0.311. The molecule has 7 heteroatoms. The second-order valence-electron chi connectivity index (χ2n) is 7.80. The second-order valence-corrected chi connectivity index (χ2v) is 7.80. The molecule has 2 aliphatic carbocycles. The van der Waals surface area contributed by atoms with E-state index in [0.717, 1.165) is 12.1 Å². The number of nitrogens with zero attached hydrogens (tertiary/aromatic N) is 2. The third-order valence-electron chi connectivity index (χ3n) is 5.67. The highest BCUT2D eigenvalue weighted by atomic mass is 19.5. The zero-order valence-corrected chi connectivity index (χ0v) is 15.8. The first-order chi connectivity index (χ1) is 12.4. The third-order valence-corrected chi connectivity index (χ3v) is 5.67.